The molecule has 1 saturated heterocycles. The zero-order valence-corrected chi connectivity index (χ0v) is 21.1. The molecule has 0 N–H and O–H groups in total. The van der Waals surface area contributed by atoms with Crippen molar-refractivity contribution in [1.82, 2.24) is 0 Å². The summed E-state index contributed by atoms with van der Waals surface area (Å²) in [6.45, 7) is 8.09. The molecule has 2 atom stereocenters. The molecule has 0 spiro atoms. The molecule has 0 saturated carbocycles. The number of hydrogen-bond acceptors (Lipinski definition) is 2. The number of ether oxygens (including phenoxy) is 2. The van der Waals surface area contributed by atoms with Crippen molar-refractivity contribution in [2.24, 2.45) is 5.92 Å². The first-order valence-corrected chi connectivity index (χ1v) is 15.4. The van der Waals surface area contributed by atoms with Gasteiger partial charge < -0.3 is 0 Å². The Kier molecular flexibility index (Phi) is 6.43. The van der Waals surface area contributed by atoms with Crippen LogP contribution in [0.4, 0.5) is 0 Å². The quantitative estimate of drug-likeness (QED) is 0.371. The van der Waals surface area contributed by atoms with Crippen molar-refractivity contribution in [3.8, 4) is 0 Å². The molecule has 1 heterocycles. The molecule has 1 fully saturated rings. The first-order valence-electron chi connectivity index (χ1n) is 11.1. The summed E-state index contributed by atoms with van der Waals surface area (Å²) in [7, 11) is 0. The molecule has 31 heavy (non-hydrogen) atoms. The molecular formula is C27H32BrO2P. The zero-order valence-electron chi connectivity index (χ0n) is 18.6. The Morgan fingerprint density at radius 3 is 1.45 bits per heavy atom. The third-order valence-electron chi connectivity index (χ3n) is 7.06. The Hall–Kier alpha value is -1.51. The van der Waals surface area contributed by atoms with Crippen LogP contribution in [0, 0.1) is 5.92 Å². The fraction of sp³-hybridized carbons (Fsp3) is 0.333. The topological polar surface area (TPSA) is 18.5 Å². The first-order chi connectivity index (χ1) is 14.9. The summed E-state index contributed by atoms with van der Waals surface area (Å²) in [5.74, 6) is -0.277. The molecule has 4 rings (SSSR count). The molecule has 4 heteroatoms. The van der Waals surface area contributed by atoms with Crippen molar-refractivity contribution in [2.75, 3.05) is 13.2 Å². The third-order valence-corrected chi connectivity index (χ3v) is 18.6. The Morgan fingerprint density at radius 1 is 0.742 bits per heavy atom. The predicted octanol–water partition coefficient (Wildman–Crippen LogP) is 6.00. The summed E-state index contributed by atoms with van der Waals surface area (Å²) in [4.78, 5) is 0. The van der Waals surface area contributed by atoms with E-state index < -0.39 is 11.1 Å². The second kappa shape index (κ2) is 8.79. The van der Waals surface area contributed by atoms with Gasteiger partial charge in [-0.1, -0.05) is 0 Å². The van der Waals surface area contributed by atoms with E-state index in [1.807, 2.05) is 0 Å². The van der Waals surface area contributed by atoms with Gasteiger partial charge in [-0.25, -0.2) is 0 Å². The molecule has 1 aliphatic heterocycles. The average molecular weight is 499 g/mol. The summed E-state index contributed by atoms with van der Waals surface area (Å²) in [5.41, 5.74) is 0.317. The van der Waals surface area contributed by atoms with Crippen LogP contribution in [0.5, 0.6) is 0 Å². The van der Waals surface area contributed by atoms with Crippen LogP contribution >= 0.6 is 20.8 Å². The minimum absolute atomic E-state index is 0.250. The molecule has 3 aromatic rings. The fourth-order valence-electron chi connectivity index (χ4n) is 5.11. The van der Waals surface area contributed by atoms with Gasteiger partial charge in [-0.15, -0.1) is 0 Å². The van der Waals surface area contributed by atoms with Crippen LogP contribution in [0.25, 0.3) is 0 Å². The van der Waals surface area contributed by atoms with Gasteiger partial charge in [-0.3, -0.25) is 0 Å². The zero-order chi connectivity index (χ0) is 22.0. The fourth-order valence-corrected chi connectivity index (χ4v) is 13.1. The normalized spacial score (nSPS) is 19.3. The maximum absolute atomic E-state index is 6.04. The van der Waals surface area contributed by atoms with Crippen LogP contribution in [0.2, 0.25) is 0 Å². The van der Waals surface area contributed by atoms with Crippen LogP contribution < -0.4 is 15.9 Å². The molecule has 0 bridgehead atoms. The van der Waals surface area contributed by atoms with E-state index in [0.717, 1.165) is 6.42 Å². The molecule has 0 amide bonds. The Bertz CT molecular complexity index is 888. The van der Waals surface area contributed by atoms with Gasteiger partial charge in [-0.2, -0.15) is 0 Å². The third kappa shape index (κ3) is 3.70. The standard InChI is InChI=1S/C27H32BrO2P/c1-22(27(3)29-19-20-30-27)21-23(2)31(28,24-13-7-4-8-14-24,25-15-9-5-10-16-25)26-17-11-6-12-18-26/h4-18,22-23H,19-21H2,1-3H3. The van der Waals surface area contributed by atoms with Gasteiger partial charge in [0.2, 0.25) is 0 Å². The summed E-state index contributed by atoms with van der Waals surface area (Å²) < 4.78 is 12.1. The maximum atomic E-state index is 6.04. The summed E-state index contributed by atoms with van der Waals surface area (Å²) in [5, 5.41) is 1.06. The van der Waals surface area contributed by atoms with Gasteiger partial charge in [0.15, 0.2) is 0 Å². The van der Waals surface area contributed by atoms with Gasteiger partial charge in [-0.05, 0) is 0 Å². The minimum atomic E-state index is -2.99. The van der Waals surface area contributed by atoms with E-state index in [-0.39, 0.29) is 5.92 Å². The van der Waals surface area contributed by atoms with E-state index in [0.29, 0.717) is 18.9 Å². The van der Waals surface area contributed by atoms with Crippen molar-refractivity contribution in [3.05, 3.63) is 91.0 Å². The number of halogens is 1. The summed E-state index contributed by atoms with van der Waals surface area (Å²) >= 11 is 4.59. The molecule has 0 aliphatic carbocycles. The van der Waals surface area contributed by atoms with Crippen molar-refractivity contribution >= 4 is 36.7 Å². The number of hydrogen-bond donors (Lipinski definition) is 0. The van der Waals surface area contributed by atoms with Gasteiger partial charge in [0.05, 0.1) is 0 Å². The van der Waals surface area contributed by atoms with E-state index in [2.05, 4.69) is 127 Å². The van der Waals surface area contributed by atoms with E-state index in [4.69, 9.17) is 9.47 Å². The van der Waals surface area contributed by atoms with E-state index >= 15 is 0 Å². The number of rotatable bonds is 7. The molecular weight excluding hydrogens is 467 g/mol. The molecule has 2 nitrogen and oxygen atoms in total. The molecule has 164 valence electrons. The summed E-state index contributed by atoms with van der Waals surface area (Å²) in [6, 6.07) is 33.0. The van der Waals surface area contributed by atoms with E-state index in [1.54, 1.807) is 0 Å². The van der Waals surface area contributed by atoms with Gasteiger partial charge >= 0.3 is 195 Å². The van der Waals surface area contributed by atoms with Gasteiger partial charge in [0, 0.05) is 0 Å². The second-order valence-corrected chi connectivity index (χ2v) is 17.8. The Labute approximate surface area is 194 Å². The van der Waals surface area contributed by atoms with Crippen molar-refractivity contribution in [2.45, 2.75) is 38.6 Å². The van der Waals surface area contributed by atoms with E-state index in [1.165, 1.54) is 15.9 Å². The predicted molar refractivity (Wildman–Crippen MR) is 138 cm³/mol. The molecule has 0 aromatic heterocycles. The van der Waals surface area contributed by atoms with Crippen LogP contribution in [0.15, 0.2) is 91.0 Å². The number of benzene rings is 3. The van der Waals surface area contributed by atoms with Crippen molar-refractivity contribution in [3.63, 3.8) is 0 Å². The molecule has 1 aliphatic rings. The van der Waals surface area contributed by atoms with Crippen LogP contribution in [-0.4, -0.2) is 24.7 Å². The molecule has 2 unspecified atom stereocenters. The monoisotopic (exact) mass is 498 g/mol. The first kappa shape index (κ1) is 22.7. The van der Waals surface area contributed by atoms with Gasteiger partial charge in [0.25, 0.3) is 0 Å². The van der Waals surface area contributed by atoms with E-state index in [9.17, 15) is 0 Å². The Morgan fingerprint density at radius 2 is 1.10 bits per heavy atom. The Balaban J connectivity index is 1.94. The molecule has 0 radical (unpaired) electrons. The second-order valence-electron chi connectivity index (χ2n) is 8.78. The van der Waals surface area contributed by atoms with Crippen molar-refractivity contribution < 1.29 is 9.47 Å². The van der Waals surface area contributed by atoms with Crippen LogP contribution in [0.1, 0.15) is 27.2 Å². The average Bonchev–Trinajstić information content (AvgIpc) is 3.28. The van der Waals surface area contributed by atoms with Crippen LogP contribution in [0.3, 0.4) is 0 Å². The SMILES string of the molecule is CC(CC(C)P(Br)(c1ccccc1)(c1ccccc1)c1ccccc1)C1(C)OCCO1. The summed E-state index contributed by atoms with van der Waals surface area (Å²) in [6.07, 6.45) is 0.970. The molecule has 3 aromatic carbocycles. The van der Waals surface area contributed by atoms with Gasteiger partial charge in [0.1, 0.15) is 0 Å². The van der Waals surface area contributed by atoms with Crippen molar-refractivity contribution in [1.29, 1.82) is 0 Å². The van der Waals surface area contributed by atoms with Crippen LogP contribution in [-0.2, 0) is 9.47 Å².